The van der Waals surface area contributed by atoms with Crippen LogP contribution in [0.25, 0.3) is 0 Å². The summed E-state index contributed by atoms with van der Waals surface area (Å²) in [6, 6.07) is 8.23. The Morgan fingerprint density at radius 1 is 1.29 bits per heavy atom. The van der Waals surface area contributed by atoms with E-state index in [1.807, 2.05) is 0 Å². The molecule has 0 radical (unpaired) electrons. The van der Waals surface area contributed by atoms with Gasteiger partial charge in [-0.1, -0.05) is 12.1 Å². The molecule has 5 nitrogen and oxygen atoms in total. The molecule has 0 bridgehead atoms. The number of nitrogens with two attached hydrogens (primary N) is 1. The lowest BCUT2D eigenvalue weighted by Crippen LogP contribution is -2.07. The average molecular weight is 290 g/mol. The SMILES string of the molecule is Cc1cccc(Oc2ccc(F)cc2[C@@H](C)N)c1[N+](=O)[O-]. The Balaban J connectivity index is 2.49. The van der Waals surface area contributed by atoms with Crippen LogP contribution >= 0.6 is 0 Å². The first-order chi connectivity index (χ1) is 9.90. The van der Waals surface area contributed by atoms with Crippen LogP contribution in [0.5, 0.6) is 11.5 Å². The van der Waals surface area contributed by atoms with Crippen molar-refractivity contribution in [3.63, 3.8) is 0 Å². The Morgan fingerprint density at radius 2 is 2.00 bits per heavy atom. The van der Waals surface area contributed by atoms with Crippen molar-refractivity contribution in [1.82, 2.24) is 0 Å². The summed E-state index contributed by atoms with van der Waals surface area (Å²) in [7, 11) is 0. The van der Waals surface area contributed by atoms with Crippen LogP contribution in [0, 0.1) is 22.9 Å². The summed E-state index contributed by atoms with van der Waals surface area (Å²) in [6.07, 6.45) is 0. The molecule has 0 spiro atoms. The lowest BCUT2D eigenvalue weighted by Gasteiger charge is -2.14. The first-order valence-electron chi connectivity index (χ1n) is 6.37. The maximum atomic E-state index is 13.3. The Bertz CT molecular complexity index is 687. The van der Waals surface area contributed by atoms with E-state index >= 15 is 0 Å². The van der Waals surface area contributed by atoms with Crippen LogP contribution in [0.3, 0.4) is 0 Å². The van der Waals surface area contributed by atoms with Crippen LogP contribution in [0.2, 0.25) is 0 Å². The zero-order valence-corrected chi connectivity index (χ0v) is 11.7. The number of aryl methyl sites for hydroxylation is 1. The molecule has 0 saturated heterocycles. The van der Waals surface area contributed by atoms with Crippen molar-refractivity contribution >= 4 is 5.69 Å². The molecule has 2 aromatic carbocycles. The number of hydrogen-bond donors (Lipinski definition) is 1. The first kappa shape index (κ1) is 14.9. The van der Waals surface area contributed by atoms with Gasteiger partial charge in [-0.2, -0.15) is 0 Å². The number of nitro groups is 1. The van der Waals surface area contributed by atoms with Crippen molar-refractivity contribution < 1.29 is 14.1 Å². The number of nitro benzene ring substituents is 1. The molecule has 0 amide bonds. The van der Waals surface area contributed by atoms with Crippen molar-refractivity contribution in [3.05, 3.63) is 63.5 Å². The third kappa shape index (κ3) is 3.17. The fraction of sp³-hybridized carbons (Fsp3) is 0.200. The fourth-order valence-corrected chi connectivity index (χ4v) is 2.03. The zero-order valence-electron chi connectivity index (χ0n) is 11.7. The first-order valence-corrected chi connectivity index (χ1v) is 6.37. The van der Waals surface area contributed by atoms with E-state index in [0.29, 0.717) is 16.9 Å². The molecular formula is C15H15FN2O3. The van der Waals surface area contributed by atoms with E-state index in [1.165, 1.54) is 24.3 Å². The van der Waals surface area contributed by atoms with Crippen LogP contribution in [0.15, 0.2) is 36.4 Å². The van der Waals surface area contributed by atoms with Gasteiger partial charge >= 0.3 is 5.69 Å². The number of nitrogens with zero attached hydrogens (tertiary/aromatic N) is 1. The third-order valence-electron chi connectivity index (χ3n) is 3.07. The molecular weight excluding hydrogens is 275 g/mol. The topological polar surface area (TPSA) is 78.4 Å². The van der Waals surface area contributed by atoms with E-state index in [9.17, 15) is 14.5 Å². The molecule has 0 saturated carbocycles. The van der Waals surface area contributed by atoms with Crippen LogP contribution in [-0.2, 0) is 0 Å². The van der Waals surface area contributed by atoms with E-state index in [4.69, 9.17) is 10.5 Å². The van der Waals surface area contributed by atoms with Gasteiger partial charge in [0.05, 0.1) is 4.92 Å². The van der Waals surface area contributed by atoms with Crippen LogP contribution in [0.1, 0.15) is 24.1 Å². The highest BCUT2D eigenvalue weighted by atomic mass is 19.1. The molecule has 110 valence electrons. The Labute approximate surface area is 121 Å². The smallest absolute Gasteiger partial charge is 0.314 e. The van der Waals surface area contributed by atoms with Gasteiger partial charge in [0.2, 0.25) is 5.75 Å². The molecule has 21 heavy (non-hydrogen) atoms. The molecule has 0 unspecified atom stereocenters. The Morgan fingerprint density at radius 3 is 2.62 bits per heavy atom. The van der Waals surface area contributed by atoms with Gasteiger partial charge in [-0.3, -0.25) is 10.1 Å². The number of halogens is 1. The van der Waals surface area contributed by atoms with Crippen LogP contribution in [-0.4, -0.2) is 4.92 Å². The maximum absolute atomic E-state index is 13.3. The van der Waals surface area contributed by atoms with Gasteiger partial charge in [0.1, 0.15) is 11.6 Å². The number of para-hydroxylation sites is 1. The van der Waals surface area contributed by atoms with E-state index in [2.05, 4.69) is 0 Å². The van der Waals surface area contributed by atoms with E-state index < -0.39 is 16.8 Å². The van der Waals surface area contributed by atoms with Gasteiger partial charge in [0, 0.05) is 17.2 Å². The van der Waals surface area contributed by atoms with Crippen molar-refractivity contribution in [2.75, 3.05) is 0 Å². The summed E-state index contributed by atoms with van der Waals surface area (Å²) >= 11 is 0. The number of rotatable bonds is 4. The highest BCUT2D eigenvalue weighted by molar-refractivity contribution is 5.54. The molecule has 1 atom stereocenters. The number of benzene rings is 2. The minimum atomic E-state index is -0.500. The molecule has 0 aliphatic rings. The molecule has 0 fully saturated rings. The predicted molar refractivity (Wildman–Crippen MR) is 76.9 cm³/mol. The third-order valence-corrected chi connectivity index (χ3v) is 3.07. The summed E-state index contributed by atoms with van der Waals surface area (Å²) in [5.74, 6) is -0.0259. The summed E-state index contributed by atoms with van der Waals surface area (Å²) in [4.78, 5) is 10.6. The molecule has 2 aromatic rings. The largest absolute Gasteiger partial charge is 0.450 e. The minimum absolute atomic E-state index is 0.105. The van der Waals surface area contributed by atoms with E-state index in [0.717, 1.165) is 0 Å². The zero-order chi connectivity index (χ0) is 15.6. The molecule has 0 aliphatic heterocycles. The summed E-state index contributed by atoms with van der Waals surface area (Å²) in [5.41, 5.74) is 6.61. The highest BCUT2D eigenvalue weighted by Crippen LogP contribution is 2.36. The lowest BCUT2D eigenvalue weighted by molar-refractivity contribution is -0.386. The van der Waals surface area contributed by atoms with Crippen molar-refractivity contribution in [2.45, 2.75) is 19.9 Å². The summed E-state index contributed by atoms with van der Waals surface area (Å²) in [5, 5.41) is 11.1. The van der Waals surface area contributed by atoms with Gasteiger partial charge in [-0.15, -0.1) is 0 Å². The summed E-state index contributed by atoms with van der Waals surface area (Å²) in [6.45, 7) is 3.31. The van der Waals surface area contributed by atoms with Crippen LogP contribution in [0.4, 0.5) is 10.1 Å². The number of hydrogen-bond acceptors (Lipinski definition) is 4. The Kier molecular flexibility index (Phi) is 4.18. The molecule has 0 heterocycles. The lowest BCUT2D eigenvalue weighted by atomic mass is 10.1. The highest BCUT2D eigenvalue weighted by Gasteiger charge is 2.20. The second-order valence-corrected chi connectivity index (χ2v) is 4.75. The second-order valence-electron chi connectivity index (χ2n) is 4.75. The van der Waals surface area contributed by atoms with Gasteiger partial charge < -0.3 is 10.5 Å². The molecule has 0 aromatic heterocycles. The standard InChI is InChI=1S/C15H15FN2O3/c1-9-4-3-5-14(15(9)18(19)20)21-13-7-6-11(16)8-12(13)10(2)17/h3-8,10H,17H2,1-2H3/t10-/m1/s1. The molecule has 2 N–H and O–H groups in total. The summed E-state index contributed by atoms with van der Waals surface area (Å²) < 4.78 is 18.9. The predicted octanol–water partition coefficient (Wildman–Crippen LogP) is 3.85. The quantitative estimate of drug-likeness (QED) is 0.685. The van der Waals surface area contributed by atoms with Crippen LogP contribution < -0.4 is 10.5 Å². The Hall–Kier alpha value is -2.47. The van der Waals surface area contributed by atoms with Gasteiger partial charge in [0.25, 0.3) is 0 Å². The minimum Gasteiger partial charge on any atom is -0.450 e. The maximum Gasteiger partial charge on any atom is 0.314 e. The van der Waals surface area contributed by atoms with Crippen molar-refractivity contribution in [2.24, 2.45) is 5.73 Å². The normalized spacial score (nSPS) is 12.0. The van der Waals surface area contributed by atoms with Gasteiger partial charge in [0.15, 0.2) is 0 Å². The monoisotopic (exact) mass is 290 g/mol. The average Bonchev–Trinajstić information content (AvgIpc) is 2.40. The molecule has 6 heteroatoms. The van der Waals surface area contributed by atoms with Gasteiger partial charge in [-0.05, 0) is 38.1 Å². The molecule has 2 rings (SSSR count). The van der Waals surface area contributed by atoms with Crippen molar-refractivity contribution in [1.29, 1.82) is 0 Å². The molecule has 0 aliphatic carbocycles. The van der Waals surface area contributed by atoms with E-state index in [1.54, 1.807) is 26.0 Å². The second kappa shape index (κ2) is 5.88. The van der Waals surface area contributed by atoms with Crippen molar-refractivity contribution in [3.8, 4) is 11.5 Å². The van der Waals surface area contributed by atoms with E-state index in [-0.39, 0.29) is 11.4 Å². The fourth-order valence-electron chi connectivity index (χ4n) is 2.03. The number of ether oxygens (including phenoxy) is 1. The van der Waals surface area contributed by atoms with Gasteiger partial charge in [-0.25, -0.2) is 4.39 Å².